The average Bonchev–Trinajstić information content (AvgIpc) is 3.16. The van der Waals surface area contributed by atoms with E-state index in [9.17, 15) is 4.79 Å². The highest BCUT2D eigenvalue weighted by molar-refractivity contribution is 6.30. The molecule has 2 aliphatic heterocycles. The van der Waals surface area contributed by atoms with Crippen LogP contribution in [0.3, 0.4) is 0 Å². The zero-order valence-electron chi connectivity index (χ0n) is 16.1. The number of hydrogen-bond donors (Lipinski definition) is 1. The van der Waals surface area contributed by atoms with Gasteiger partial charge in [-0.15, -0.1) is 0 Å². The highest BCUT2D eigenvalue weighted by Gasteiger charge is 2.37. The van der Waals surface area contributed by atoms with Crippen LogP contribution in [0.1, 0.15) is 30.4 Å². The largest absolute Gasteiger partial charge is 0.489 e. The van der Waals surface area contributed by atoms with Gasteiger partial charge in [0.2, 0.25) is 5.91 Å². The van der Waals surface area contributed by atoms with Gasteiger partial charge in [0, 0.05) is 24.7 Å². The van der Waals surface area contributed by atoms with Crippen LogP contribution in [-0.2, 0) is 17.8 Å². The molecule has 5 heteroatoms. The van der Waals surface area contributed by atoms with Crippen molar-refractivity contribution in [3.8, 4) is 5.75 Å². The van der Waals surface area contributed by atoms with E-state index in [0.717, 1.165) is 60.9 Å². The SMILES string of the molecule is O=C(Cc1cccc(OCc2ccc(Cl)cc2)c1)N1CCC2(CCNC2)CC1. The molecule has 2 aromatic rings. The number of benzene rings is 2. The van der Waals surface area contributed by atoms with Gasteiger partial charge in [0.05, 0.1) is 6.42 Å². The van der Waals surface area contributed by atoms with Crippen molar-refractivity contribution in [2.24, 2.45) is 5.41 Å². The van der Waals surface area contributed by atoms with Crippen LogP contribution in [0.15, 0.2) is 48.5 Å². The fourth-order valence-corrected chi connectivity index (χ4v) is 4.36. The summed E-state index contributed by atoms with van der Waals surface area (Å²) >= 11 is 5.92. The molecule has 0 aliphatic carbocycles. The van der Waals surface area contributed by atoms with Crippen molar-refractivity contribution in [1.82, 2.24) is 10.2 Å². The maximum absolute atomic E-state index is 12.8. The smallest absolute Gasteiger partial charge is 0.226 e. The number of ether oxygens (including phenoxy) is 1. The van der Waals surface area contributed by atoms with Gasteiger partial charge >= 0.3 is 0 Å². The third-order valence-electron chi connectivity index (χ3n) is 6.08. The lowest BCUT2D eigenvalue weighted by Crippen LogP contribution is -2.44. The van der Waals surface area contributed by atoms with Crippen LogP contribution >= 0.6 is 11.6 Å². The van der Waals surface area contributed by atoms with Crippen LogP contribution in [0.4, 0.5) is 0 Å². The molecule has 2 aliphatic rings. The Balaban J connectivity index is 1.30. The standard InChI is InChI=1S/C23H27ClN2O2/c24-20-6-4-18(5-7-20)16-28-21-3-1-2-19(14-21)15-22(27)26-12-9-23(10-13-26)8-11-25-17-23/h1-7,14,25H,8-13,15-17H2. The van der Waals surface area contributed by atoms with E-state index < -0.39 is 0 Å². The molecule has 0 unspecified atom stereocenters. The van der Waals surface area contributed by atoms with E-state index >= 15 is 0 Å². The number of halogens is 1. The lowest BCUT2D eigenvalue weighted by Gasteiger charge is -2.39. The predicted molar refractivity (Wildman–Crippen MR) is 112 cm³/mol. The van der Waals surface area contributed by atoms with Crippen molar-refractivity contribution in [2.45, 2.75) is 32.3 Å². The molecule has 2 aromatic carbocycles. The number of carbonyl (C=O) groups excluding carboxylic acids is 1. The van der Waals surface area contributed by atoms with Crippen molar-refractivity contribution in [3.05, 3.63) is 64.7 Å². The third kappa shape index (κ3) is 4.68. The second-order valence-corrected chi connectivity index (χ2v) is 8.48. The van der Waals surface area contributed by atoms with Crippen molar-refractivity contribution < 1.29 is 9.53 Å². The summed E-state index contributed by atoms with van der Waals surface area (Å²) in [4.78, 5) is 14.8. The maximum Gasteiger partial charge on any atom is 0.226 e. The van der Waals surface area contributed by atoms with Crippen LogP contribution < -0.4 is 10.1 Å². The minimum Gasteiger partial charge on any atom is -0.489 e. The van der Waals surface area contributed by atoms with E-state index in [-0.39, 0.29) is 5.91 Å². The van der Waals surface area contributed by atoms with Crippen molar-refractivity contribution in [2.75, 3.05) is 26.2 Å². The summed E-state index contributed by atoms with van der Waals surface area (Å²) in [6.45, 7) is 4.48. The predicted octanol–water partition coefficient (Wildman–Crippen LogP) is 4.06. The molecule has 1 N–H and O–H groups in total. The van der Waals surface area contributed by atoms with Gasteiger partial charge < -0.3 is 15.0 Å². The Morgan fingerprint density at radius 2 is 1.86 bits per heavy atom. The molecule has 0 saturated carbocycles. The summed E-state index contributed by atoms with van der Waals surface area (Å²) in [6.07, 6.45) is 3.93. The number of hydrogen-bond acceptors (Lipinski definition) is 3. The number of piperidine rings is 1. The molecule has 2 fully saturated rings. The van der Waals surface area contributed by atoms with Gasteiger partial charge in [-0.05, 0) is 66.6 Å². The number of nitrogens with one attached hydrogen (secondary N) is 1. The van der Waals surface area contributed by atoms with Gasteiger partial charge in [0.15, 0.2) is 0 Å². The highest BCUT2D eigenvalue weighted by Crippen LogP contribution is 2.37. The van der Waals surface area contributed by atoms with E-state index in [4.69, 9.17) is 16.3 Å². The summed E-state index contributed by atoms with van der Waals surface area (Å²) in [6, 6.07) is 15.5. The molecule has 4 rings (SSSR count). The minimum absolute atomic E-state index is 0.218. The van der Waals surface area contributed by atoms with Gasteiger partial charge in [0.25, 0.3) is 0 Å². The van der Waals surface area contributed by atoms with Crippen LogP contribution in [0.5, 0.6) is 5.75 Å². The molecule has 28 heavy (non-hydrogen) atoms. The maximum atomic E-state index is 12.8. The molecule has 2 heterocycles. The Hall–Kier alpha value is -2.04. The molecular weight excluding hydrogens is 372 g/mol. The van der Waals surface area contributed by atoms with E-state index in [1.165, 1.54) is 6.42 Å². The molecule has 0 aromatic heterocycles. The zero-order chi connectivity index (χ0) is 19.4. The monoisotopic (exact) mass is 398 g/mol. The topological polar surface area (TPSA) is 41.6 Å². The Kier molecular flexibility index (Phi) is 5.88. The number of nitrogens with zero attached hydrogens (tertiary/aromatic N) is 1. The second-order valence-electron chi connectivity index (χ2n) is 8.05. The molecule has 148 valence electrons. The van der Waals surface area contributed by atoms with Crippen LogP contribution in [0.2, 0.25) is 5.02 Å². The van der Waals surface area contributed by atoms with Gasteiger partial charge in [0.1, 0.15) is 12.4 Å². The molecule has 1 spiro atoms. The van der Waals surface area contributed by atoms with Crippen molar-refractivity contribution in [3.63, 3.8) is 0 Å². The van der Waals surface area contributed by atoms with Crippen LogP contribution in [0, 0.1) is 5.41 Å². The lowest BCUT2D eigenvalue weighted by atomic mass is 9.78. The first kappa shape index (κ1) is 19.3. The van der Waals surface area contributed by atoms with Gasteiger partial charge in [-0.2, -0.15) is 0 Å². The summed E-state index contributed by atoms with van der Waals surface area (Å²) < 4.78 is 5.89. The van der Waals surface area contributed by atoms with Crippen molar-refractivity contribution >= 4 is 17.5 Å². The second kappa shape index (κ2) is 8.54. The summed E-state index contributed by atoms with van der Waals surface area (Å²) in [7, 11) is 0. The average molecular weight is 399 g/mol. The zero-order valence-corrected chi connectivity index (χ0v) is 16.9. The van der Waals surface area contributed by atoms with E-state index in [1.807, 2.05) is 53.4 Å². The van der Waals surface area contributed by atoms with Gasteiger partial charge in [-0.1, -0.05) is 35.9 Å². The molecule has 2 saturated heterocycles. The first-order valence-electron chi connectivity index (χ1n) is 10.1. The Labute approximate surface area is 171 Å². The summed E-state index contributed by atoms with van der Waals surface area (Å²) in [5.74, 6) is 1.01. The molecular formula is C23H27ClN2O2. The van der Waals surface area contributed by atoms with Gasteiger partial charge in [-0.3, -0.25) is 4.79 Å². The van der Waals surface area contributed by atoms with Crippen LogP contribution in [-0.4, -0.2) is 37.0 Å². The molecule has 1 amide bonds. The number of carbonyl (C=O) groups is 1. The number of amides is 1. The molecule has 0 atom stereocenters. The van der Waals surface area contributed by atoms with Gasteiger partial charge in [-0.25, -0.2) is 0 Å². The molecule has 0 radical (unpaired) electrons. The quantitative estimate of drug-likeness (QED) is 0.825. The van der Waals surface area contributed by atoms with E-state index in [1.54, 1.807) is 0 Å². The minimum atomic E-state index is 0.218. The summed E-state index contributed by atoms with van der Waals surface area (Å²) in [5.41, 5.74) is 2.50. The third-order valence-corrected chi connectivity index (χ3v) is 6.33. The van der Waals surface area contributed by atoms with E-state index in [0.29, 0.717) is 18.4 Å². The Morgan fingerprint density at radius 3 is 2.57 bits per heavy atom. The lowest BCUT2D eigenvalue weighted by molar-refractivity contribution is -0.132. The first-order valence-corrected chi connectivity index (χ1v) is 10.4. The van der Waals surface area contributed by atoms with Crippen LogP contribution in [0.25, 0.3) is 0 Å². The fourth-order valence-electron chi connectivity index (χ4n) is 4.23. The fraction of sp³-hybridized carbons (Fsp3) is 0.435. The highest BCUT2D eigenvalue weighted by atomic mass is 35.5. The molecule has 0 bridgehead atoms. The molecule has 4 nitrogen and oxygen atoms in total. The number of likely N-dealkylation sites (tertiary alicyclic amines) is 1. The Bertz CT molecular complexity index is 806. The number of rotatable bonds is 5. The first-order chi connectivity index (χ1) is 13.6. The van der Waals surface area contributed by atoms with Crippen molar-refractivity contribution in [1.29, 1.82) is 0 Å². The van der Waals surface area contributed by atoms with E-state index in [2.05, 4.69) is 5.32 Å². The normalized spacial score (nSPS) is 18.4. The Morgan fingerprint density at radius 1 is 1.07 bits per heavy atom. The summed E-state index contributed by atoms with van der Waals surface area (Å²) in [5, 5.41) is 4.19.